The molecule has 1 aliphatic carbocycles. The first kappa shape index (κ1) is 19.3. The molecule has 1 aliphatic heterocycles. The summed E-state index contributed by atoms with van der Waals surface area (Å²) in [7, 11) is 0. The van der Waals surface area contributed by atoms with Gasteiger partial charge >= 0.3 is 0 Å². The van der Waals surface area contributed by atoms with Gasteiger partial charge in [-0.15, -0.1) is 0 Å². The van der Waals surface area contributed by atoms with Gasteiger partial charge < -0.3 is 20.8 Å². The molecule has 4 atom stereocenters. The Bertz CT molecular complexity index is 560. The summed E-state index contributed by atoms with van der Waals surface area (Å²) < 4.78 is 0. The van der Waals surface area contributed by atoms with Gasteiger partial charge in [-0.3, -0.25) is 4.79 Å². The smallest absolute Gasteiger partial charge is 0.237 e. The van der Waals surface area contributed by atoms with Crippen molar-refractivity contribution in [3.63, 3.8) is 0 Å². The van der Waals surface area contributed by atoms with Crippen LogP contribution in [-0.4, -0.2) is 41.4 Å². The Morgan fingerprint density at radius 2 is 1.85 bits per heavy atom. The number of aliphatic hydroxyl groups excluding tert-OH is 2. The Labute approximate surface area is 156 Å². The highest BCUT2D eigenvalue weighted by Gasteiger charge is 2.33. The number of benzene rings is 1. The van der Waals surface area contributed by atoms with E-state index < -0.39 is 12.1 Å². The Balaban J connectivity index is 1.57. The van der Waals surface area contributed by atoms with Crippen molar-refractivity contribution >= 4 is 5.91 Å². The van der Waals surface area contributed by atoms with Crippen molar-refractivity contribution in [3.05, 3.63) is 35.9 Å². The number of rotatable bonds is 6. The summed E-state index contributed by atoms with van der Waals surface area (Å²) in [5, 5.41) is 26.3. The normalized spacial score (nSPS) is 26.8. The molecule has 0 spiro atoms. The second-order valence-corrected chi connectivity index (χ2v) is 7.84. The summed E-state index contributed by atoms with van der Waals surface area (Å²) >= 11 is 0. The van der Waals surface area contributed by atoms with Crippen LogP contribution in [0.25, 0.3) is 0 Å². The molecule has 5 nitrogen and oxygen atoms in total. The lowest BCUT2D eigenvalue weighted by Gasteiger charge is -2.37. The van der Waals surface area contributed by atoms with Gasteiger partial charge in [0.15, 0.2) is 0 Å². The number of hydrogen-bond donors (Lipinski definition) is 4. The fourth-order valence-corrected chi connectivity index (χ4v) is 4.57. The molecular formula is C21H32N2O3. The molecule has 1 saturated carbocycles. The van der Waals surface area contributed by atoms with Crippen LogP contribution < -0.4 is 10.6 Å². The van der Waals surface area contributed by atoms with Gasteiger partial charge in [-0.25, -0.2) is 0 Å². The molecule has 4 N–H and O–H groups in total. The highest BCUT2D eigenvalue weighted by atomic mass is 16.3. The second-order valence-electron chi connectivity index (χ2n) is 7.84. The van der Waals surface area contributed by atoms with E-state index in [4.69, 9.17) is 0 Å². The molecule has 0 bridgehead atoms. The van der Waals surface area contributed by atoms with E-state index in [0.29, 0.717) is 11.5 Å². The zero-order valence-corrected chi connectivity index (χ0v) is 15.4. The number of carbonyl (C=O) groups excluding carboxylic acids is 1. The molecule has 1 aromatic rings. The van der Waals surface area contributed by atoms with Crippen LogP contribution in [0.4, 0.5) is 0 Å². The molecule has 144 valence electrons. The molecule has 3 rings (SSSR count). The third kappa shape index (κ3) is 4.84. The van der Waals surface area contributed by atoms with Gasteiger partial charge in [-0.1, -0.05) is 62.4 Å². The van der Waals surface area contributed by atoms with Gasteiger partial charge in [0.2, 0.25) is 5.91 Å². The molecule has 2 fully saturated rings. The SMILES string of the molecule is O=C(N[C@@H](CO)[C@@H](O)c1ccccc1)C1C[C@@H](C2CCCCC2)CCN1. The van der Waals surface area contributed by atoms with Crippen LogP contribution in [0, 0.1) is 11.8 Å². The average molecular weight is 360 g/mol. The van der Waals surface area contributed by atoms with Crippen molar-refractivity contribution in [1.29, 1.82) is 0 Å². The number of amides is 1. The molecule has 0 radical (unpaired) electrons. The minimum Gasteiger partial charge on any atom is -0.394 e. The largest absolute Gasteiger partial charge is 0.394 e. The topological polar surface area (TPSA) is 81.6 Å². The van der Waals surface area contributed by atoms with Crippen LogP contribution in [0.2, 0.25) is 0 Å². The zero-order valence-electron chi connectivity index (χ0n) is 15.4. The van der Waals surface area contributed by atoms with E-state index in [1.165, 1.54) is 32.1 Å². The van der Waals surface area contributed by atoms with Crippen molar-refractivity contribution in [2.75, 3.05) is 13.2 Å². The van der Waals surface area contributed by atoms with Gasteiger partial charge in [0.25, 0.3) is 0 Å². The molecule has 1 amide bonds. The van der Waals surface area contributed by atoms with Gasteiger partial charge in [-0.05, 0) is 36.8 Å². The fraction of sp³-hybridized carbons (Fsp3) is 0.667. The molecule has 5 heteroatoms. The molecule has 1 heterocycles. The predicted octanol–water partition coefficient (Wildman–Crippen LogP) is 2.15. The summed E-state index contributed by atoms with van der Waals surface area (Å²) in [6.07, 6.45) is 7.67. The minimum absolute atomic E-state index is 0.112. The Morgan fingerprint density at radius 3 is 2.54 bits per heavy atom. The third-order valence-corrected chi connectivity index (χ3v) is 6.12. The molecular weight excluding hydrogens is 328 g/mol. The van der Waals surface area contributed by atoms with Gasteiger partial charge in [0.1, 0.15) is 6.10 Å². The van der Waals surface area contributed by atoms with E-state index in [-0.39, 0.29) is 18.6 Å². The lowest BCUT2D eigenvalue weighted by Crippen LogP contribution is -2.53. The quantitative estimate of drug-likeness (QED) is 0.627. The second kappa shape index (κ2) is 9.49. The van der Waals surface area contributed by atoms with Gasteiger partial charge in [0, 0.05) is 0 Å². The molecule has 26 heavy (non-hydrogen) atoms. The summed E-state index contributed by atoms with van der Waals surface area (Å²) in [6, 6.07) is 8.24. The Kier molecular flexibility index (Phi) is 7.06. The molecule has 1 aromatic carbocycles. The van der Waals surface area contributed by atoms with Crippen molar-refractivity contribution in [2.24, 2.45) is 11.8 Å². The average Bonchev–Trinajstić information content (AvgIpc) is 2.72. The first-order valence-corrected chi connectivity index (χ1v) is 10.1. The molecule has 0 aromatic heterocycles. The lowest BCUT2D eigenvalue weighted by molar-refractivity contribution is -0.126. The fourth-order valence-electron chi connectivity index (χ4n) is 4.57. The number of carbonyl (C=O) groups is 1. The number of aliphatic hydroxyl groups is 2. The maximum atomic E-state index is 12.7. The van der Waals surface area contributed by atoms with Crippen molar-refractivity contribution < 1.29 is 15.0 Å². The van der Waals surface area contributed by atoms with E-state index in [1.807, 2.05) is 18.2 Å². The molecule has 2 aliphatic rings. The van der Waals surface area contributed by atoms with Crippen LogP contribution >= 0.6 is 0 Å². The summed E-state index contributed by atoms with van der Waals surface area (Å²) in [6.45, 7) is 0.574. The summed E-state index contributed by atoms with van der Waals surface area (Å²) in [4.78, 5) is 12.7. The van der Waals surface area contributed by atoms with Crippen molar-refractivity contribution in [2.45, 2.75) is 63.1 Å². The predicted molar refractivity (Wildman–Crippen MR) is 102 cm³/mol. The Morgan fingerprint density at radius 1 is 1.12 bits per heavy atom. The van der Waals surface area contributed by atoms with E-state index in [9.17, 15) is 15.0 Å². The number of nitrogens with one attached hydrogen (secondary N) is 2. The van der Waals surface area contributed by atoms with Crippen molar-refractivity contribution in [3.8, 4) is 0 Å². The third-order valence-electron chi connectivity index (χ3n) is 6.12. The number of hydrogen-bond acceptors (Lipinski definition) is 4. The molecule has 1 unspecified atom stereocenters. The number of piperidine rings is 1. The van der Waals surface area contributed by atoms with E-state index in [2.05, 4.69) is 10.6 Å². The summed E-state index contributed by atoms with van der Waals surface area (Å²) in [5.74, 6) is 1.25. The van der Waals surface area contributed by atoms with Crippen molar-refractivity contribution in [1.82, 2.24) is 10.6 Å². The maximum absolute atomic E-state index is 12.7. The van der Waals surface area contributed by atoms with Crippen LogP contribution in [0.15, 0.2) is 30.3 Å². The van der Waals surface area contributed by atoms with E-state index in [0.717, 1.165) is 25.3 Å². The first-order valence-electron chi connectivity index (χ1n) is 10.1. The zero-order chi connectivity index (χ0) is 18.4. The lowest BCUT2D eigenvalue weighted by atomic mass is 9.74. The minimum atomic E-state index is -0.914. The van der Waals surface area contributed by atoms with E-state index >= 15 is 0 Å². The van der Waals surface area contributed by atoms with Crippen LogP contribution in [0.3, 0.4) is 0 Å². The monoisotopic (exact) mass is 360 g/mol. The van der Waals surface area contributed by atoms with Gasteiger partial charge in [-0.2, -0.15) is 0 Å². The maximum Gasteiger partial charge on any atom is 0.237 e. The standard InChI is InChI=1S/C21H32N2O3/c24-14-19(20(25)16-9-5-2-6-10-16)23-21(26)18-13-17(11-12-22-18)15-7-3-1-4-8-15/h2,5-6,9-10,15,17-20,22,24-25H,1,3-4,7-8,11-14H2,(H,23,26)/t17-,18?,19-,20-/m0/s1. The van der Waals surface area contributed by atoms with Crippen LogP contribution in [0.1, 0.15) is 56.6 Å². The van der Waals surface area contributed by atoms with Gasteiger partial charge in [0.05, 0.1) is 18.7 Å². The van der Waals surface area contributed by atoms with Crippen LogP contribution in [0.5, 0.6) is 0 Å². The van der Waals surface area contributed by atoms with E-state index in [1.54, 1.807) is 12.1 Å². The molecule has 1 saturated heterocycles. The highest BCUT2D eigenvalue weighted by Crippen LogP contribution is 2.35. The Hall–Kier alpha value is -1.43. The highest BCUT2D eigenvalue weighted by molar-refractivity contribution is 5.82. The first-order chi connectivity index (χ1) is 12.7. The van der Waals surface area contributed by atoms with Crippen LogP contribution in [-0.2, 0) is 4.79 Å². The summed E-state index contributed by atoms with van der Waals surface area (Å²) in [5.41, 5.74) is 0.698.